The van der Waals surface area contributed by atoms with E-state index in [1.165, 1.54) is 0 Å². The third-order valence-corrected chi connectivity index (χ3v) is 4.14. The number of rotatable bonds is 4. The van der Waals surface area contributed by atoms with E-state index < -0.39 is 0 Å². The van der Waals surface area contributed by atoms with Crippen LogP contribution in [0.25, 0.3) is 0 Å². The van der Waals surface area contributed by atoms with Crippen LogP contribution < -0.4 is 4.90 Å². The van der Waals surface area contributed by atoms with Gasteiger partial charge in [-0.1, -0.05) is 11.6 Å². The summed E-state index contributed by atoms with van der Waals surface area (Å²) >= 11 is 6.01. The minimum Gasteiger partial charge on any atom is -0.357 e. The fraction of sp³-hybridized carbons (Fsp3) is 0.643. The molecule has 1 aliphatic rings. The van der Waals surface area contributed by atoms with Gasteiger partial charge in [-0.3, -0.25) is 0 Å². The molecule has 1 fully saturated rings. The average Bonchev–Trinajstić information content (AvgIpc) is 2.44. The highest BCUT2D eigenvalue weighted by Crippen LogP contribution is 2.27. The molecule has 0 aliphatic carbocycles. The summed E-state index contributed by atoms with van der Waals surface area (Å²) in [4.78, 5) is 6.70. The molecule has 0 saturated carbocycles. The first-order valence-electron chi connectivity index (χ1n) is 6.58. The lowest BCUT2D eigenvalue weighted by molar-refractivity contribution is -0.141. The predicted octanol–water partition coefficient (Wildman–Crippen LogP) is 2.88. The van der Waals surface area contributed by atoms with Gasteiger partial charge in [0.25, 0.3) is 0 Å². The molecule has 1 aromatic heterocycles. The average molecular weight is 285 g/mol. The van der Waals surface area contributed by atoms with E-state index in [1.54, 1.807) is 20.4 Å². The molecule has 0 radical (unpaired) electrons. The highest BCUT2D eigenvalue weighted by Gasteiger charge is 2.27. The van der Waals surface area contributed by atoms with E-state index in [-0.39, 0.29) is 6.29 Å². The minimum atomic E-state index is -0.0953. The van der Waals surface area contributed by atoms with E-state index in [1.807, 2.05) is 13.0 Å². The highest BCUT2D eigenvalue weighted by molar-refractivity contribution is 6.31. The zero-order valence-corrected chi connectivity index (χ0v) is 12.5. The number of ether oxygens (including phenoxy) is 2. The van der Waals surface area contributed by atoms with E-state index >= 15 is 0 Å². The molecular weight excluding hydrogens is 264 g/mol. The van der Waals surface area contributed by atoms with Crippen molar-refractivity contribution in [3.05, 3.63) is 22.8 Å². The van der Waals surface area contributed by atoms with Crippen LogP contribution in [0.3, 0.4) is 0 Å². The zero-order valence-electron chi connectivity index (χ0n) is 11.7. The van der Waals surface area contributed by atoms with Crippen molar-refractivity contribution in [3.63, 3.8) is 0 Å². The molecular formula is C14H21ClN2O2. The summed E-state index contributed by atoms with van der Waals surface area (Å²) < 4.78 is 10.7. The molecule has 0 unspecified atom stereocenters. The van der Waals surface area contributed by atoms with Gasteiger partial charge >= 0.3 is 0 Å². The number of halogens is 1. The Labute approximate surface area is 119 Å². The van der Waals surface area contributed by atoms with Crippen molar-refractivity contribution >= 4 is 17.4 Å². The van der Waals surface area contributed by atoms with E-state index in [4.69, 9.17) is 21.1 Å². The quantitative estimate of drug-likeness (QED) is 0.797. The van der Waals surface area contributed by atoms with Gasteiger partial charge in [0.2, 0.25) is 0 Å². The Kier molecular flexibility index (Phi) is 5.02. The molecule has 0 bridgehead atoms. The first-order valence-corrected chi connectivity index (χ1v) is 6.96. The van der Waals surface area contributed by atoms with Crippen molar-refractivity contribution in [2.75, 3.05) is 32.2 Å². The second kappa shape index (κ2) is 6.55. The molecule has 0 spiro atoms. The lowest BCUT2D eigenvalue weighted by Gasteiger charge is -2.35. The zero-order chi connectivity index (χ0) is 13.8. The summed E-state index contributed by atoms with van der Waals surface area (Å²) in [6, 6.07) is 2.05. The minimum absolute atomic E-state index is 0.0953. The van der Waals surface area contributed by atoms with Crippen molar-refractivity contribution in [1.82, 2.24) is 4.98 Å². The molecule has 4 nitrogen and oxygen atoms in total. The van der Waals surface area contributed by atoms with Gasteiger partial charge in [-0.2, -0.15) is 0 Å². The SMILES string of the molecule is COC(OC)C1CCN(c2cc(C)c(Cl)cn2)CC1. The molecule has 106 valence electrons. The maximum Gasteiger partial charge on any atom is 0.159 e. The fourth-order valence-electron chi connectivity index (χ4n) is 2.58. The van der Waals surface area contributed by atoms with Gasteiger partial charge in [-0.25, -0.2) is 4.98 Å². The first-order chi connectivity index (χ1) is 9.15. The van der Waals surface area contributed by atoms with Gasteiger partial charge in [0.1, 0.15) is 5.82 Å². The Bertz CT molecular complexity index is 416. The Morgan fingerprint density at radius 1 is 1.32 bits per heavy atom. The van der Waals surface area contributed by atoms with Crippen LogP contribution >= 0.6 is 11.6 Å². The van der Waals surface area contributed by atoms with Crippen LogP contribution in [-0.4, -0.2) is 38.6 Å². The van der Waals surface area contributed by atoms with Crippen molar-refractivity contribution in [2.45, 2.75) is 26.1 Å². The van der Waals surface area contributed by atoms with Crippen molar-refractivity contribution in [2.24, 2.45) is 5.92 Å². The maximum absolute atomic E-state index is 6.01. The maximum atomic E-state index is 6.01. The molecule has 0 aromatic carbocycles. The molecule has 1 saturated heterocycles. The smallest absolute Gasteiger partial charge is 0.159 e. The molecule has 1 aliphatic heterocycles. The molecule has 5 heteroatoms. The molecule has 2 heterocycles. The Morgan fingerprint density at radius 3 is 2.47 bits per heavy atom. The predicted molar refractivity (Wildman–Crippen MR) is 76.7 cm³/mol. The van der Waals surface area contributed by atoms with Gasteiger partial charge in [0, 0.05) is 39.4 Å². The second-order valence-corrected chi connectivity index (χ2v) is 5.36. The number of methoxy groups -OCH3 is 2. The van der Waals surface area contributed by atoms with Crippen LogP contribution in [0.5, 0.6) is 0 Å². The summed E-state index contributed by atoms with van der Waals surface area (Å²) in [5.74, 6) is 1.46. The highest BCUT2D eigenvalue weighted by atomic mass is 35.5. The first kappa shape index (κ1) is 14.6. The topological polar surface area (TPSA) is 34.6 Å². The lowest BCUT2D eigenvalue weighted by Crippen LogP contribution is -2.39. The Balaban J connectivity index is 1.97. The van der Waals surface area contributed by atoms with Crippen molar-refractivity contribution < 1.29 is 9.47 Å². The van der Waals surface area contributed by atoms with Crippen LogP contribution in [0.15, 0.2) is 12.3 Å². The number of aryl methyl sites for hydroxylation is 1. The standard InChI is InChI=1S/C14H21ClN2O2/c1-10-8-13(16-9-12(10)15)17-6-4-11(5-7-17)14(18-2)19-3/h8-9,11,14H,4-7H2,1-3H3. The summed E-state index contributed by atoms with van der Waals surface area (Å²) in [5.41, 5.74) is 1.07. The van der Waals surface area contributed by atoms with Crippen LogP contribution in [0.1, 0.15) is 18.4 Å². The summed E-state index contributed by atoms with van der Waals surface area (Å²) in [7, 11) is 3.40. The second-order valence-electron chi connectivity index (χ2n) is 4.96. The van der Waals surface area contributed by atoms with E-state index in [0.29, 0.717) is 5.92 Å². The van der Waals surface area contributed by atoms with Crippen molar-refractivity contribution in [1.29, 1.82) is 0 Å². The van der Waals surface area contributed by atoms with E-state index in [2.05, 4.69) is 9.88 Å². The molecule has 2 rings (SSSR count). The molecule has 19 heavy (non-hydrogen) atoms. The summed E-state index contributed by atoms with van der Waals surface area (Å²) in [5, 5.41) is 0.720. The number of aromatic nitrogens is 1. The van der Waals surface area contributed by atoms with E-state index in [9.17, 15) is 0 Å². The number of anilines is 1. The number of piperidine rings is 1. The van der Waals surface area contributed by atoms with Gasteiger partial charge in [-0.05, 0) is 31.4 Å². The van der Waals surface area contributed by atoms with Crippen LogP contribution in [0.4, 0.5) is 5.82 Å². The van der Waals surface area contributed by atoms with Crippen LogP contribution in [0.2, 0.25) is 5.02 Å². The van der Waals surface area contributed by atoms with Crippen LogP contribution in [0, 0.1) is 12.8 Å². The number of hydrogen-bond acceptors (Lipinski definition) is 4. The summed E-state index contributed by atoms with van der Waals surface area (Å²) in [6.07, 6.45) is 3.73. The van der Waals surface area contributed by atoms with Gasteiger partial charge in [-0.15, -0.1) is 0 Å². The van der Waals surface area contributed by atoms with Gasteiger partial charge < -0.3 is 14.4 Å². The van der Waals surface area contributed by atoms with Gasteiger partial charge in [0.15, 0.2) is 6.29 Å². The molecule has 0 N–H and O–H groups in total. The normalized spacial score (nSPS) is 17.2. The fourth-order valence-corrected chi connectivity index (χ4v) is 2.68. The number of pyridine rings is 1. The third kappa shape index (κ3) is 3.38. The number of hydrogen-bond donors (Lipinski definition) is 0. The third-order valence-electron chi connectivity index (χ3n) is 3.75. The lowest BCUT2D eigenvalue weighted by atomic mass is 9.96. The monoisotopic (exact) mass is 284 g/mol. The van der Waals surface area contributed by atoms with Crippen LogP contribution in [-0.2, 0) is 9.47 Å². The molecule has 1 aromatic rings. The summed E-state index contributed by atoms with van der Waals surface area (Å²) in [6.45, 7) is 3.95. The molecule has 0 atom stereocenters. The largest absolute Gasteiger partial charge is 0.357 e. The molecule has 0 amide bonds. The van der Waals surface area contributed by atoms with Crippen molar-refractivity contribution in [3.8, 4) is 0 Å². The van der Waals surface area contributed by atoms with E-state index in [0.717, 1.165) is 42.3 Å². The number of nitrogens with zero attached hydrogens (tertiary/aromatic N) is 2. The Hall–Kier alpha value is -0.840. The van der Waals surface area contributed by atoms with Gasteiger partial charge in [0.05, 0.1) is 5.02 Å². The Morgan fingerprint density at radius 2 is 1.95 bits per heavy atom.